The van der Waals surface area contributed by atoms with Gasteiger partial charge in [0.05, 0.1) is 5.69 Å². The monoisotopic (exact) mass is 169 g/mol. The highest BCUT2D eigenvalue weighted by Crippen LogP contribution is 2.20. The molecule has 60 valence electrons. The van der Waals surface area contributed by atoms with Crippen LogP contribution in [0.15, 0.2) is 24.3 Å². The summed E-state index contributed by atoms with van der Waals surface area (Å²) in [5.41, 5.74) is 0.765. The summed E-state index contributed by atoms with van der Waals surface area (Å²) in [6.45, 7) is 0.765. The number of benzene rings is 1. The molecule has 2 N–H and O–H groups in total. The summed E-state index contributed by atoms with van der Waals surface area (Å²) in [6, 6.07) is 7.15. The van der Waals surface area contributed by atoms with Gasteiger partial charge in [0.15, 0.2) is 0 Å². The maximum absolute atomic E-state index is 9.25. The maximum Gasteiger partial charge on any atom is 0.138 e. The third-order valence-electron chi connectivity index (χ3n) is 1.33. The van der Waals surface area contributed by atoms with Gasteiger partial charge in [-0.3, -0.25) is 0 Å². The van der Waals surface area contributed by atoms with E-state index in [0.29, 0.717) is 0 Å². The van der Waals surface area contributed by atoms with Crippen LogP contribution in [0.2, 0.25) is 0 Å². The fourth-order valence-electron chi connectivity index (χ4n) is 0.814. The van der Waals surface area contributed by atoms with E-state index in [4.69, 9.17) is 0 Å². The van der Waals surface area contributed by atoms with Crippen molar-refractivity contribution in [2.75, 3.05) is 17.6 Å². The Balaban J connectivity index is 2.62. The average Bonchev–Trinajstić information content (AvgIpc) is 2.03. The normalized spacial score (nSPS) is 9.55. The summed E-state index contributed by atoms with van der Waals surface area (Å²) < 4.78 is 0. The Labute approximate surface area is 71.7 Å². The fourth-order valence-corrected chi connectivity index (χ4v) is 0.926. The van der Waals surface area contributed by atoms with Gasteiger partial charge in [-0.2, -0.15) is 12.6 Å². The second-order valence-corrected chi connectivity index (χ2v) is 2.61. The van der Waals surface area contributed by atoms with Crippen molar-refractivity contribution in [1.29, 1.82) is 0 Å². The molecule has 0 radical (unpaired) electrons. The Morgan fingerprint density at radius 1 is 1.36 bits per heavy atom. The Bertz CT molecular complexity index is 227. The number of phenols is 1. The van der Waals surface area contributed by atoms with Crippen LogP contribution in [-0.2, 0) is 0 Å². The van der Waals surface area contributed by atoms with Crippen molar-refractivity contribution in [3.8, 4) is 5.75 Å². The molecule has 2 nitrogen and oxygen atoms in total. The molecule has 0 bridgehead atoms. The molecule has 11 heavy (non-hydrogen) atoms. The first-order valence-electron chi connectivity index (χ1n) is 3.47. The minimum Gasteiger partial charge on any atom is -0.506 e. The molecule has 0 saturated heterocycles. The minimum absolute atomic E-state index is 0.286. The van der Waals surface area contributed by atoms with E-state index >= 15 is 0 Å². The van der Waals surface area contributed by atoms with E-state index in [1.807, 2.05) is 12.1 Å². The van der Waals surface area contributed by atoms with Gasteiger partial charge >= 0.3 is 0 Å². The maximum atomic E-state index is 9.25. The van der Waals surface area contributed by atoms with Crippen molar-refractivity contribution in [3.63, 3.8) is 0 Å². The minimum atomic E-state index is 0.286. The molecule has 0 heterocycles. The summed E-state index contributed by atoms with van der Waals surface area (Å²) in [4.78, 5) is 0. The molecule has 0 fully saturated rings. The topological polar surface area (TPSA) is 32.3 Å². The third kappa shape index (κ3) is 2.35. The highest BCUT2D eigenvalue weighted by molar-refractivity contribution is 7.80. The molecule has 0 atom stereocenters. The first-order valence-corrected chi connectivity index (χ1v) is 4.10. The van der Waals surface area contributed by atoms with E-state index in [1.165, 1.54) is 0 Å². The van der Waals surface area contributed by atoms with Crippen LogP contribution in [0.5, 0.6) is 5.75 Å². The van der Waals surface area contributed by atoms with Gasteiger partial charge < -0.3 is 10.4 Å². The van der Waals surface area contributed by atoms with E-state index in [0.717, 1.165) is 18.0 Å². The first-order chi connectivity index (χ1) is 5.34. The lowest BCUT2D eigenvalue weighted by Crippen LogP contribution is -2.01. The van der Waals surface area contributed by atoms with E-state index in [9.17, 15) is 5.11 Å². The summed E-state index contributed by atoms with van der Waals surface area (Å²) in [6.07, 6.45) is 0. The van der Waals surface area contributed by atoms with Crippen LogP contribution < -0.4 is 5.32 Å². The van der Waals surface area contributed by atoms with Crippen LogP contribution in [-0.4, -0.2) is 17.4 Å². The van der Waals surface area contributed by atoms with Crippen LogP contribution >= 0.6 is 12.6 Å². The molecule has 1 aromatic carbocycles. The summed E-state index contributed by atoms with van der Waals surface area (Å²) in [5.74, 6) is 1.04. The van der Waals surface area contributed by atoms with Gasteiger partial charge in [-0.15, -0.1) is 0 Å². The van der Waals surface area contributed by atoms with Crippen LogP contribution in [0.1, 0.15) is 0 Å². The molecule has 0 aromatic heterocycles. The van der Waals surface area contributed by atoms with Crippen LogP contribution in [0.3, 0.4) is 0 Å². The summed E-state index contributed by atoms with van der Waals surface area (Å²) in [7, 11) is 0. The first kappa shape index (κ1) is 8.27. The molecule has 3 heteroatoms. The van der Waals surface area contributed by atoms with E-state index in [-0.39, 0.29) is 5.75 Å². The van der Waals surface area contributed by atoms with Crippen LogP contribution in [0.25, 0.3) is 0 Å². The smallest absolute Gasteiger partial charge is 0.138 e. The number of aromatic hydroxyl groups is 1. The third-order valence-corrected chi connectivity index (χ3v) is 1.55. The zero-order chi connectivity index (χ0) is 8.10. The molecule has 0 amide bonds. The molecule has 0 aliphatic rings. The second kappa shape index (κ2) is 4.13. The Kier molecular flexibility index (Phi) is 3.11. The van der Waals surface area contributed by atoms with Crippen molar-refractivity contribution in [2.45, 2.75) is 0 Å². The largest absolute Gasteiger partial charge is 0.506 e. The predicted molar refractivity (Wildman–Crippen MR) is 50.4 cm³/mol. The van der Waals surface area contributed by atoms with Crippen molar-refractivity contribution >= 4 is 18.3 Å². The molecular formula is C8H11NOS. The Morgan fingerprint density at radius 3 is 2.73 bits per heavy atom. The number of phenolic OH excluding ortho intramolecular Hbond substituents is 1. The molecule has 0 aliphatic heterocycles. The van der Waals surface area contributed by atoms with Gasteiger partial charge in [-0.25, -0.2) is 0 Å². The molecule has 0 saturated carbocycles. The van der Waals surface area contributed by atoms with Crippen molar-refractivity contribution < 1.29 is 5.11 Å². The molecule has 1 aromatic rings. The van der Waals surface area contributed by atoms with Gasteiger partial charge in [0.1, 0.15) is 5.75 Å². The van der Waals surface area contributed by atoms with Gasteiger partial charge in [-0.05, 0) is 12.1 Å². The fraction of sp³-hybridized carbons (Fsp3) is 0.250. The quantitative estimate of drug-likeness (QED) is 0.475. The van der Waals surface area contributed by atoms with Crippen molar-refractivity contribution in [1.82, 2.24) is 0 Å². The Hall–Kier alpha value is -0.830. The molecule has 0 aliphatic carbocycles. The van der Waals surface area contributed by atoms with E-state index in [1.54, 1.807) is 12.1 Å². The number of hydrogen-bond donors (Lipinski definition) is 3. The van der Waals surface area contributed by atoms with Gasteiger partial charge in [0.25, 0.3) is 0 Å². The lowest BCUT2D eigenvalue weighted by Gasteiger charge is -2.05. The van der Waals surface area contributed by atoms with Gasteiger partial charge in [0.2, 0.25) is 0 Å². The van der Waals surface area contributed by atoms with Crippen LogP contribution in [0, 0.1) is 0 Å². The molecule has 0 spiro atoms. The number of anilines is 1. The number of hydrogen-bond acceptors (Lipinski definition) is 3. The Morgan fingerprint density at radius 2 is 2.09 bits per heavy atom. The SMILES string of the molecule is Oc1ccccc1NCCS. The lowest BCUT2D eigenvalue weighted by atomic mass is 10.3. The van der Waals surface area contributed by atoms with Crippen molar-refractivity contribution in [3.05, 3.63) is 24.3 Å². The second-order valence-electron chi connectivity index (χ2n) is 2.17. The zero-order valence-corrected chi connectivity index (χ0v) is 7.01. The molecule has 0 unspecified atom stereocenters. The molecule has 1 rings (SSSR count). The highest BCUT2D eigenvalue weighted by atomic mass is 32.1. The number of rotatable bonds is 3. The van der Waals surface area contributed by atoms with Gasteiger partial charge in [0, 0.05) is 12.3 Å². The zero-order valence-electron chi connectivity index (χ0n) is 6.12. The number of thiol groups is 1. The summed E-state index contributed by atoms with van der Waals surface area (Å²) in [5, 5.41) is 12.3. The van der Waals surface area contributed by atoms with Gasteiger partial charge in [-0.1, -0.05) is 12.1 Å². The van der Waals surface area contributed by atoms with E-state index in [2.05, 4.69) is 17.9 Å². The standard InChI is InChI=1S/C8H11NOS/c10-8-4-2-1-3-7(8)9-5-6-11/h1-4,9-11H,5-6H2. The average molecular weight is 169 g/mol. The van der Waals surface area contributed by atoms with Crippen molar-refractivity contribution in [2.24, 2.45) is 0 Å². The highest BCUT2D eigenvalue weighted by Gasteiger charge is 1.95. The molecular weight excluding hydrogens is 158 g/mol. The summed E-state index contributed by atoms with van der Waals surface area (Å²) >= 11 is 4.04. The lowest BCUT2D eigenvalue weighted by molar-refractivity contribution is 0.477. The predicted octanol–water partition coefficient (Wildman–Crippen LogP) is 1.73. The number of para-hydroxylation sites is 2. The van der Waals surface area contributed by atoms with E-state index < -0.39 is 0 Å². The number of nitrogens with one attached hydrogen (secondary N) is 1. The van der Waals surface area contributed by atoms with Crippen LogP contribution in [0.4, 0.5) is 5.69 Å².